The van der Waals surface area contributed by atoms with Gasteiger partial charge >= 0.3 is 6.03 Å². The molecule has 2 amide bonds. The van der Waals surface area contributed by atoms with Crippen molar-refractivity contribution < 1.29 is 9.32 Å². The number of aromatic nitrogens is 2. The van der Waals surface area contributed by atoms with Crippen LogP contribution in [0.15, 0.2) is 53.1 Å². The van der Waals surface area contributed by atoms with Gasteiger partial charge in [0.25, 0.3) is 0 Å². The maximum Gasteiger partial charge on any atom is 0.322 e. The number of anilines is 1. The van der Waals surface area contributed by atoms with E-state index in [4.69, 9.17) is 16.1 Å². The van der Waals surface area contributed by atoms with Crippen molar-refractivity contribution in [2.75, 3.05) is 11.9 Å². The van der Waals surface area contributed by atoms with E-state index in [0.717, 1.165) is 16.8 Å². The molecule has 26 heavy (non-hydrogen) atoms. The third kappa shape index (κ3) is 4.40. The molecule has 0 aliphatic carbocycles. The fourth-order valence-electron chi connectivity index (χ4n) is 2.45. The van der Waals surface area contributed by atoms with E-state index in [0.29, 0.717) is 23.3 Å². The van der Waals surface area contributed by atoms with Gasteiger partial charge in [0.15, 0.2) is 0 Å². The predicted molar refractivity (Wildman–Crippen MR) is 101 cm³/mol. The summed E-state index contributed by atoms with van der Waals surface area (Å²) in [6, 6.07) is 14.6. The fraction of sp³-hybridized carbons (Fsp3) is 0.211. The van der Waals surface area contributed by atoms with Gasteiger partial charge in [-0.3, -0.25) is 0 Å². The summed E-state index contributed by atoms with van der Waals surface area (Å²) in [6.07, 6.45) is 0. The third-order valence-electron chi connectivity index (χ3n) is 3.83. The Labute approximate surface area is 156 Å². The first kappa shape index (κ1) is 17.9. The van der Waals surface area contributed by atoms with E-state index in [2.05, 4.69) is 15.5 Å². The van der Waals surface area contributed by atoms with Gasteiger partial charge in [0, 0.05) is 22.8 Å². The first-order valence-electron chi connectivity index (χ1n) is 8.26. The smallest absolute Gasteiger partial charge is 0.322 e. The normalized spacial score (nSPS) is 10.6. The summed E-state index contributed by atoms with van der Waals surface area (Å²) in [5, 5.41) is 7.49. The zero-order valence-electron chi connectivity index (χ0n) is 14.6. The van der Waals surface area contributed by atoms with Gasteiger partial charge in [0.2, 0.25) is 11.7 Å². The number of carbonyl (C=O) groups is 1. The molecule has 3 aromatic rings. The second-order valence-electron chi connectivity index (χ2n) is 5.83. The molecular weight excluding hydrogens is 352 g/mol. The zero-order valence-corrected chi connectivity index (χ0v) is 15.3. The topological polar surface area (TPSA) is 71.3 Å². The van der Waals surface area contributed by atoms with Gasteiger partial charge in [-0.05, 0) is 55.8 Å². The van der Waals surface area contributed by atoms with Crippen LogP contribution in [0.4, 0.5) is 10.5 Å². The summed E-state index contributed by atoms with van der Waals surface area (Å²) in [5.74, 6) is 0.836. The summed E-state index contributed by atoms with van der Waals surface area (Å²) >= 11 is 5.89. The molecule has 0 aliphatic rings. The van der Waals surface area contributed by atoms with Gasteiger partial charge in [-0.1, -0.05) is 28.9 Å². The predicted octanol–water partition coefficient (Wildman–Crippen LogP) is 4.75. The van der Waals surface area contributed by atoms with Crippen LogP contribution in [0.5, 0.6) is 0 Å². The molecule has 0 saturated heterocycles. The Bertz CT molecular complexity index is 893. The first-order valence-corrected chi connectivity index (χ1v) is 8.64. The maximum absolute atomic E-state index is 12.5. The van der Waals surface area contributed by atoms with Crippen LogP contribution >= 0.6 is 11.6 Å². The second kappa shape index (κ2) is 8.01. The minimum Gasteiger partial charge on any atom is -0.337 e. The monoisotopic (exact) mass is 370 g/mol. The van der Waals surface area contributed by atoms with Crippen LogP contribution in [0.3, 0.4) is 0 Å². The van der Waals surface area contributed by atoms with Gasteiger partial charge in [0.1, 0.15) is 6.54 Å². The number of carbonyl (C=O) groups excluding carboxylic acids is 1. The molecule has 1 aromatic heterocycles. The van der Waals surface area contributed by atoms with Crippen molar-refractivity contribution in [1.82, 2.24) is 15.0 Å². The Balaban J connectivity index is 1.68. The molecule has 0 radical (unpaired) electrons. The third-order valence-corrected chi connectivity index (χ3v) is 4.09. The Morgan fingerprint density at radius 2 is 2.00 bits per heavy atom. The molecule has 0 unspecified atom stereocenters. The number of hydrogen-bond acceptors (Lipinski definition) is 4. The van der Waals surface area contributed by atoms with Crippen LogP contribution < -0.4 is 5.32 Å². The van der Waals surface area contributed by atoms with Crippen molar-refractivity contribution in [3.05, 3.63) is 65.0 Å². The molecule has 0 fully saturated rings. The lowest BCUT2D eigenvalue weighted by molar-refractivity contribution is 0.203. The van der Waals surface area contributed by atoms with E-state index in [1.807, 2.05) is 50.2 Å². The number of rotatable bonds is 5. The van der Waals surface area contributed by atoms with E-state index in [-0.39, 0.29) is 12.6 Å². The van der Waals surface area contributed by atoms with E-state index in [1.165, 1.54) is 0 Å². The number of benzene rings is 2. The molecule has 6 nitrogen and oxygen atoms in total. The molecule has 0 aliphatic heterocycles. The Morgan fingerprint density at radius 1 is 1.23 bits per heavy atom. The Hall–Kier alpha value is -2.86. The molecule has 7 heteroatoms. The first-order chi connectivity index (χ1) is 12.5. The SMILES string of the molecule is CCN(Cc1nc(-c2ccc(Cl)cc2)no1)C(=O)Nc1cccc(C)c1. The highest BCUT2D eigenvalue weighted by Crippen LogP contribution is 2.19. The summed E-state index contributed by atoms with van der Waals surface area (Å²) < 4.78 is 5.29. The molecular formula is C19H19ClN4O2. The average molecular weight is 371 g/mol. The quantitative estimate of drug-likeness (QED) is 0.703. The van der Waals surface area contributed by atoms with E-state index < -0.39 is 0 Å². The van der Waals surface area contributed by atoms with Crippen molar-refractivity contribution in [2.24, 2.45) is 0 Å². The lowest BCUT2D eigenvalue weighted by Gasteiger charge is -2.19. The van der Waals surface area contributed by atoms with E-state index in [1.54, 1.807) is 17.0 Å². The van der Waals surface area contributed by atoms with Crippen LogP contribution in [0.25, 0.3) is 11.4 Å². The number of amides is 2. The fourth-order valence-corrected chi connectivity index (χ4v) is 2.58. The Morgan fingerprint density at radius 3 is 2.69 bits per heavy atom. The molecule has 1 N–H and O–H groups in total. The zero-order chi connectivity index (χ0) is 18.5. The van der Waals surface area contributed by atoms with Crippen molar-refractivity contribution in [3.8, 4) is 11.4 Å². The van der Waals surface area contributed by atoms with E-state index in [9.17, 15) is 4.79 Å². The highest BCUT2D eigenvalue weighted by Gasteiger charge is 2.17. The standard InChI is InChI=1S/C19H19ClN4O2/c1-3-24(19(25)21-16-6-4-5-13(2)11-16)12-17-22-18(23-26-17)14-7-9-15(20)10-8-14/h4-11H,3,12H2,1-2H3,(H,21,25). The minimum absolute atomic E-state index is 0.218. The van der Waals surface area contributed by atoms with Crippen LogP contribution in [-0.2, 0) is 6.54 Å². The Kier molecular flexibility index (Phi) is 5.53. The van der Waals surface area contributed by atoms with Crippen LogP contribution in [0, 0.1) is 6.92 Å². The summed E-state index contributed by atoms with van der Waals surface area (Å²) in [5.41, 5.74) is 2.63. The summed E-state index contributed by atoms with van der Waals surface area (Å²) in [4.78, 5) is 18.4. The number of nitrogens with one attached hydrogen (secondary N) is 1. The molecule has 0 atom stereocenters. The largest absolute Gasteiger partial charge is 0.337 e. The minimum atomic E-state index is -0.218. The van der Waals surface area contributed by atoms with E-state index >= 15 is 0 Å². The molecule has 0 saturated carbocycles. The molecule has 0 bridgehead atoms. The van der Waals surface area contributed by atoms with Gasteiger partial charge in [-0.25, -0.2) is 4.79 Å². The maximum atomic E-state index is 12.5. The number of hydrogen-bond donors (Lipinski definition) is 1. The lowest BCUT2D eigenvalue weighted by atomic mass is 10.2. The van der Waals surface area contributed by atoms with Crippen molar-refractivity contribution in [2.45, 2.75) is 20.4 Å². The second-order valence-corrected chi connectivity index (χ2v) is 6.27. The van der Waals surface area contributed by atoms with Crippen LogP contribution in [0.2, 0.25) is 5.02 Å². The lowest BCUT2D eigenvalue weighted by Crippen LogP contribution is -2.34. The highest BCUT2D eigenvalue weighted by atomic mass is 35.5. The molecule has 0 spiro atoms. The number of aryl methyl sites for hydroxylation is 1. The van der Waals surface area contributed by atoms with Gasteiger partial charge < -0.3 is 14.7 Å². The van der Waals surface area contributed by atoms with Gasteiger partial charge in [-0.2, -0.15) is 4.98 Å². The van der Waals surface area contributed by atoms with Crippen molar-refractivity contribution in [1.29, 1.82) is 0 Å². The van der Waals surface area contributed by atoms with Crippen LogP contribution in [0.1, 0.15) is 18.4 Å². The summed E-state index contributed by atoms with van der Waals surface area (Å²) in [7, 11) is 0. The van der Waals surface area contributed by atoms with Gasteiger partial charge in [0.05, 0.1) is 0 Å². The molecule has 1 heterocycles. The van der Waals surface area contributed by atoms with Crippen LogP contribution in [-0.4, -0.2) is 27.6 Å². The van der Waals surface area contributed by atoms with Crippen molar-refractivity contribution in [3.63, 3.8) is 0 Å². The number of halogens is 1. The number of nitrogens with zero attached hydrogens (tertiary/aromatic N) is 3. The molecule has 2 aromatic carbocycles. The molecule has 3 rings (SSSR count). The highest BCUT2D eigenvalue weighted by molar-refractivity contribution is 6.30. The van der Waals surface area contributed by atoms with Gasteiger partial charge in [-0.15, -0.1) is 0 Å². The molecule has 134 valence electrons. The summed E-state index contributed by atoms with van der Waals surface area (Å²) in [6.45, 7) is 4.61. The van der Waals surface area contributed by atoms with Crippen molar-refractivity contribution >= 4 is 23.3 Å². The average Bonchev–Trinajstić information content (AvgIpc) is 3.09. The number of urea groups is 1.